The molecule has 186 valence electrons. The van der Waals surface area contributed by atoms with Crippen LogP contribution in [-0.2, 0) is 20.7 Å². The van der Waals surface area contributed by atoms with Gasteiger partial charge in [0.1, 0.15) is 5.60 Å². The number of nitrogens with zero attached hydrogens (tertiary/aromatic N) is 2. The number of aryl methyl sites for hydroxylation is 1. The fourth-order valence-electron chi connectivity index (χ4n) is 4.03. The molecule has 0 radical (unpaired) electrons. The number of benzene rings is 1. The van der Waals surface area contributed by atoms with Crippen molar-refractivity contribution in [3.05, 3.63) is 46.7 Å². The van der Waals surface area contributed by atoms with Crippen LogP contribution in [0.5, 0.6) is 0 Å². The Morgan fingerprint density at radius 1 is 1.06 bits per heavy atom. The van der Waals surface area contributed by atoms with E-state index in [4.69, 9.17) is 9.47 Å². The first kappa shape index (κ1) is 25.6. The minimum atomic E-state index is -0.600. The third-order valence-corrected chi connectivity index (χ3v) is 5.78. The fourth-order valence-corrected chi connectivity index (χ4v) is 4.03. The number of carbonyl (C=O) groups excluding carboxylic acids is 3. The predicted molar refractivity (Wildman–Crippen MR) is 128 cm³/mol. The maximum atomic E-state index is 13.0. The van der Waals surface area contributed by atoms with E-state index in [-0.39, 0.29) is 18.7 Å². The maximum Gasteiger partial charge on any atom is 0.410 e. The molecule has 2 aliphatic heterocycles. The molecule has 3 amide bonds. The summed E-state index contributed by atoms with van der Waals surface area (Å²) in [6.07, 6.45) is 0.573. The number of nitrogens with one attached hydrogen (secondary N) is 2. The zero-order chi connectivity index (χ0) is 24.9. The molecule has 9 heteroatoms. The van der Waals surface area contributed by atoms with Crippen molar-refractivity contribution in [3.63, 3.8) is 0 Å². The lowest BCUT2D eigenvalue weighted by Gasteiger charge is -2.37. The fraction of sp³-hybridized carbons (Fsp3) is 0.560. The van der Waals surface area contributed by atoms with Gasteiger partial charge in [0.25, 0.3) is 0 Å². The predicted octanol–water partition coefficient (Wildman–Crippen LogP) is 2.97. The van der Waals surface area contributed by atoms with Gasteiger partial charge in [0.05, 0.1) is 18.2 Å². The quantitative estimate of drug-likeness (QED) is 0.618. The lowest BCUT2D eigenvalue weighted by atomic mass is 9.94. The minimum absolute atomic E-state index is 0.236. The molecule has 0 bridgehead atoms. The van der Waals surface area contributed by atoms with Crippen LogP contribution in [0.3, 0.4) is 0 Å². The number of piperazine rings is 1. The van der Waals surface area contributed by atoms with Crippen molar-refractivity contribution in [2.24, 2.45) is 0 Å². The molecule has 2 aliphatic rings. The van der Waals surface area contributed by atoms with E-state index in [2.05, 4.69) is 22.5 Å². The van der Waals surface area contributed by atoms with Crippen LogP contribution in [0.4, 0.5) is 9.59 Å². The summed E-state index contributed by atoms with van der Waals surface area (Å²) in [6.45, 7) is 12.2. The lowest BCUT2D eigenvalue weighted by Crippen LogP contribution is -2.53. The molecule has 0 aromatic heterocycles. The number of amides is 3. The summed E-state index contributed by atoms with van der Waals surface area (Å²) in [5, 5.41) is 5.70. The van der Waals surface area contributed by atoms with E-state index in [0.717, 1.165) is 12.0 Å². The third-order valence-electron chi connectivity index (χ3n) is 5.78. The van der Waals surface area contributed by atoms with Gasteiger partial charge in [-0.25, -0.2) is 14.4 Å². The number of ether oxygens (including phenoxy) is 2. The number of rotatable bonds is 6. The number of carbonyl (C=O) groups is 3. The van der Waals surface area contributed by atoms with Gasteiger partial charge in [0, 0.05) is 38.4 Å². The zero-order valence-electron chi connectivity index (χ0n) is 20.8. The molecular formula is C25H36N4O5. The van der Waals surface area contributed by atoms with Gasteiger partial charge in [0.15, 0.2) is 0 Å². The van der Waals surface area contributed by atoms with Crippen LogP contribution >= 0.6 is 0 Å². The number of urea groups is 1. The summed E-state index contributed by atoms with van der Waals surface area (Å²) >= 11 is 0. The van der Waals surface area contributed by atoms with E-state index < -0.39 is 17.6 Å². The molecule has 0 aliphatic carbocycles. The Bertz CT molecular complexity index is 928. The summed E-state index contributed by atoms with van der Waals surface area (Å²) in [5.74, 6) is -0.457. The third kappa shape index (κ3) is 6.50. The zero-order valence-corrected chi connectivity index (χ0v) is 20.8. The topological polar surface area (TPSA) is 100 Å². The average molecular weight is 473 g/mol. The highest BCUT2D eigenvalue weighted by Gasteiger charge is 2.35. The summed E-state index contributed by atoms with van der Waals surface area (Å²) in [5.41, 5.74) is 2.38. The van der Waals surface area contributed by atoms with Crippen LogP contribution in [0, 0.1) is 0 Å². The summed E-state index contributed by atoms with van der Waals surface area (Å²) in [7, 11) is 0. The molecule has 1 saturated heterocycles. The minimum Gasteiger partial charge on any atom is -0.463 e. The van der Waals surface area contributed by atoms with Crippen LogP contribution in [0.15, 0.2) is 35.5 Å². The van der Waals surface area contributed by atoms with E-state index in [1.165, 1.54) is 5.56 Å². The summed E-state index contributed by atoms with van der Waals surface area (Å²) in [6, 6.07) is 6.91. The van der Waals surface area contributed by atoms with Gasteiger partial charge in [0.2, 0.25) is 0 Å². The Morgan fingerprint density at radius 2 is 1.71 bits per heavy atom. The molecule has 0 unspecified atom stereocenters. The second-order valence-electron chi connectivity index (χ2n) is 9.48. The van der Waals surface area contributed by atoms with Gasteiger partial charge in [-0.3, -0.25) is 4.90 Å². The van der Waals surface area contributed by atoms with E-state index in [0.29, 0.717) is 44.0 Å². The normalized spacial score (nSPS) is 19.4. The van der Waals surface area contributed by atoms with Crippen molar-refractivity contribution >= 4 is 18.1 Å². The van der Waals surface area contributed by atoms with Gasteiger partial charge in [-0.05, 0) is 45.2 Å². The Balaban J connectivity index is 1.79. The molecule has 34 heavy (non-hydrogen) atoms. The SMILES string of the molecule is CCOC(=O)C1=C(CN2CCN(C(=O)OC(C)(C)C)CC2)NC(=O)N[C@H]1c1ccc(CC)cc1. The van der Waals surface area contributed by atoms with Crippen molar-refractivity contribution in [2.45, 2.75) is 52.7 Å². The molecule has 9 nitrogen and oxygen atoms in total. The second kappa shape index (κ2) is 10.9. The van der Waals surface area contributed by atoms with Crippen LogP contribution in [0.1, 0.15) is 51.8 Å². The smallest absolute Gasteiger partial charge is 0.410 e. The van der Waals surface area contributed by atoms with Gasteiger partial charge in [-0.1, -0.05) is 31.2 Å². The molecule has 1 atom stereocenters. The van der Waals surface area contributed by atoms with Crippen LogP contribution in [0.2, 0.25) is 0 Å². The average Bonchev–Trinajstić information content (AvgIpc) is 2.78. The van der Waals surface area contributed by atoms with Crippen molar-refractivity contribution < 1.29 is 23.9 Å². The second-order valence-corrected chi connectivity index (χ2v) is 9.48. The van der Waals surface area contributed by atoms with Crippen LogP contribution in [0.25, 0.3) is 0 Å². The highest BCUT2D eigenvalue weighted by molar-refractivity contribution is 5.95. The maximum absolute atomic E-state index is 13.0. The Hall–Kier alpha value is -3.07. The van der Waals surface area contributed by atoms with Crippen LogP contribution in [-0.4, -0.2) is 72.8 Å². The van der Waals surface area contributed by atoms with Gasteiger partial charge in [-0.2, -0.15) is 0 Å². The Morgan fingerprint density at radius 3 is 2.26 bits per heavy atom. The van der Waals surface area contributed by atoms with Crippen molar-refractivity contribution in [1.82, 2.24) is 20.4 Å². The van der Waals surface area contributed by atoms with Crippen molar-refractivity contribution in [2.75, 3.05) is 39.3 Å². The molecule has 3 rings (SSSR count). The Labute approximate surface area is 201 Å². The van der Waals surface area contributed by atoms with Gasteiger partial charge < -0.3 is 25.0 Å². The molecule has 1 aromatic rings. The largest absolute Gasteiger partial charge is 0.463 e. The molecule has 1 aromatic carbocycles. The molecule has 2 N–H and O–H groups in total. The van der Waals surface area contributed by atoms with Crippen LogP contribution < -0.4 is 10.6 Å². The monoisotopic (exact) mass is 472 g/mol. The van der Waals surface area contributed by atoms with E-state index in [1.54, 1.807) is 11.8 Å². The molecule has 0 saturated carbocycles. The van der Waals surface area contributed by atoms with Gasteiger partial charge in [-0.15, -0.1) is 0 Å². The number of hydrogen-bond acceptors (Lipinski definition) is 6. The lowest BCUT2D eigenvalue weighted by molar-refractivity contribution is -0.139. The number of esters is 1. The summed E-state index contributed by atoms with van der Waals surface area (Å²) < 4.78 is 10.8. The molecular weight excluding hydrogens is 436 g/mol. The van der Waals surface area contributed by atoms with E-state index >= 15 is 0 Å². The van der Waals surface area contributed by atoms with E-state index in [9.17, 15) is 14.4 Å². The first-order valence-electron chi connectivity index (χ1n) is 11.9. The van der Waals surface area contributed by atoms with Gasteiger partial charge >= 0.3 is 18.1 Å². The highest BCUT2D eigenvalue weighted by atomic mass is 16.6. The number of hydrogen-bond donors (Lipinski definition) is 2. The molecule has 2 heterocycles. The van der Waals surface area contributed by atoms with Crippen molar-refractivity contribution in [1.29, 1.82) is 0 Å². The van der Waals surface area contributed by atoms with Crippen molar-refractivity contribution in [3.8, 4) is 0 Å². The highest BCUT2D eigenvalue weighted by Crippen LogP contribution is 2.29. The molecule has 0 spiro atoms. The Kier molecular flexibility index (Phi) is 8.19. The first-order valence-corrected chi connectivity index (χ1v) is 11.9. The summed E-state index contributed by atoms with van der Waals surface area (Å²) in [4.78, 5) is 41.7. The first-order chi connectivity index (χ1) is 16.1. The van der Waals surface area contributed by atoms with E-state index in [1.807, 2.05) is 45.0 Å². The molecule has 1 fully saturated rings. The standard InChI is InChI=1S/C25H36N4O5/c1-6-17-8-10-18(11-9-17)21-20(22(30)33-7-2)19(26-23(31)27-21)16-28-12-14-29(15-13-28)24(32)34-25(3,4)5/h8-11,21H,6-7,12-16H2,1-5H3,(H2,26,27,31)/t21-/m0/s1.